The largest absolute Gasteiger partial charge is 0.478 e. The highest BCUT2D eigenvalue weighted by Crippen LogP contribution is 2.52. The molecule has 0 unspecified atom stereocenters. The molecule has 0 fully saturated rings. The monoisotopic (exact) mass is 975 g/mol. The minimum Gasteiger partial charge on any atom is -0.478 e. The van der Waals surface area contributed by atoms with Gasteiger partial charge in [0.2, 0.25) is 11.4 Å². The highest BCUT2D eigenvalue weighted by atomic mass is 32.2. The van der Waals surface area contributed by atoms with Gasteiger partial charge in [-0.05, 0) is 109 Å². The van der Waals surface area contributed by atoms with Gasteiger partial charge in [-0.3, -0.25) is 17.5 Å². The Hall–Kier alpha value is -6.10. The summed E-state index contributed by atoms with van der Waals surface area (Å²) in [5, 5.41) is 9.73. The second-order valence-electron chi connectivity index (χ2n) is 16.2. The second kappa shape index (κ2) is 17.0. The average Bonchev–Trinajstić information content (AvgIpc) is 3.63. The fourth-order valence-corrected chi connectivity index (χ4v) is 10.5. The summed E-state index contributed by atoms with van der Waals surface area (Å²) in [4.78, 5) is 12.6. The summed E-state index contributed by atoms with van der Waals surface area (Å²) in [6, 6.07) is 26.0. The summed E-state index contributed by atoms with van der Waals surface area (Å²) in [7, 11) is -15.6. The summed E-state index contributed by atoms with van der Waals surface area (Å²) >= 11 is 0. The number of carbonyl (C=O) groups is 1. The number of benzene rings is 5. The van der Waals surface area contributed by atoms with E-state index in [0.29, 0.717) is 56.4 Å². The van der Waals surface area contributed by atoms with Crippen LogP contribution in [0.4, 0.5) is 22.7 Å². The highest BCUT2D eigenvalue weighted by molar-refractivity contribution is 7.87. The molecule has 20 heteroatoms. The van der Waals surface area contributed by atoms with Gasteiger partial charge >= 0.3 is 5.97 Å². The van der Waals surface area contributed by atoms with E-state index in [1.807, 2.05) is 27.7 Å². The topological polar surface area (TPSA) is 239 Å². The summed E-state index contributed by atoms with van der Waals surface area (Å²) in [6.07, 6.45) is 6.93. The van der Waals surface area contributed by atoms with Gasteiger partial charge in [0.05, 0.1) is 45.6 Å². The van der Waals surface area contributed by atoms with Crippen molar-refractivity contribution in [2.45, 2.75) is 58.1 Å². The molecule has 7 rings (SSSR count). The first-order valence-corrected chi connectivity index (χ1v) is 25.4. The Morgan fingerprint density at radius 3 is 1.76 bits per heavy atom. The smallest absolute Gasteiger partial charge is 0.335 e. The fourth-order valence-electron chi connectivity index (χ4n) is 8.10. The first-order chi connectivity index (χ1) is 30.7. The predicted molar refractivity (Wildman–Crippen MR) is 247 cm³/mol. The van der Waals surface area contributed by atoms with Crippen LogP contribution < -0.4 is 9.48 Å². The molecule has 5 aromatic carbocycles. The zero-order chi connectivity index (χ0) is 48.4. The van der Waals surface area contributed by atoms with Gasteiger partial charge in [-0.25, -0.2) is 4.79 Å². The van der Waals surface area contributed by atoms with Crippen molar-refractivity contribution in [1.82, 2.24) is 4.58 Å². The fraction of sp³-hybridized carbons (Fsp3) is 0.174. The van der Waals surface area contributed by atoms with E-state index in [9.17, 15) is 52.7 Å². The minimum atomic E-state index is -4.65. The van der Waals surface area contributed by atoms with Crippen molar-refractivity contribution in [3.05, 3.63) is 161 Å². The normalized spacial score (nSPS) is 16.8. The van der Waals surface area contributed by atoms with Gasteiger partial charge in [0.15, 0.2) is 5.71 Å². The van der Waals surface area contributed by atoms with Gasteiger partial charge < -0.3 is 10.0 Å². The molecule has 344 valence electrons. The summed E-state index contributed by atoms with van der Waals surface area (Å²) < 4.78 is 132. The SMILES string of the molecule is COS(=O)(=O)c1cccc(N2/C(=C/C=C(/C=C/C3=[N+](c4cccc(S(=O)(=O)OC)c4)c4ccc(S(=O)(=O)O)cc4C3(C)C)c3ccc(C(=O)O)cc3)C(C)(C)c3cc(S(=O)(=O)O)ccc32)c1. The lowest BCUT2D eigenvalue weighted by Gasteiger charge is -2.27. The van der Waals surface area contributed by atoms with Crippen molar-refractivity contribution in [2.75, 3.05) is 19.1 Å². The zero-order valence-electron chi connectivity index (χ0n) is 36.1. The molecular formula is C46H43N2O14S4+. The highest BCUT2D eigenvalue weighted by Gasteiger charge is 2.46. The molecule has 16 nitrogen and oxygen atoms in total. The summed E-state index contributed by atoms with van der Waals surface area (Å²) in [6.45, 7) is 7.27. The van der Waals surface area contributed by atoms with E-state index in [-0.39, 0.29) is 25.1 Å². The van der Waals surface area contributed by atoms with Crippen molar-refractivity contribution in [3.63, 3.8) is 0 Å². The molecule has 0 saturated carbocycles. The first-order valence-electron chi connectivity index (χ1n) is 19.7. The number of anilines is 2. The van der Waals surface area contributed by atoms with Crippen LogP contribution >= 0.6 is 0 Å². The Morgan fingerprint density at radius 1 is 0.636 bits per heavy atom. The van der Waals surface area contributed by atoms with Crippen LogP contribution in [0.1, 0.15) is 54.7 Å². The Kier molecular flexibility index (Phi) is 12.3. The molecule has 3 N–H and O–H groups in total. The lowest BCUT2D eigenvalue weighted by atomic mass is 9.81. The van der Waals surface area contributed by atoms with Crippen LogP contribution in [0.3, 0.4) is 0 Å². The molecule has 5 aromatic rings. The van der Waals surface area contributed by atoms with Gasteiger partial charge in [-0.2, -0.15) is 38.2 Å². The van der Waals surface area contributed by atoms with Gasteiger partial charge in [0, 0.05) is 46.6 Å². The molecule has 0 amide bonds. The molecule has 0 radical (unpaired) electrons. The zero-order valence-corrected chi connectivity index (χ0v) is 39.3. The number of nitrogens with zero attached hydrogens (tertiary/aromatic N) is 2. The maximum Gasteiger partial charge on any atom is 0.335 e. The molecular weight excluding hydrogens is 933 g/mol. The Labute approximate surface area is 382 Å². The van der Waals surface area contributed by atoms with Crippen molar-refractivity contribution in [1.29, 1.82) is 0 Å². The average molecular weight is 976 g/mol. The third-order valence-electron chi connectivity index (χ3n) is 11.6. The second-order valence-corrected chi connectivity index (χ2v) is 22.5. The maximum atomic E-state index is 12.9. The van der Waals surface area contributed by atoms with Crippen molar-refractivity contribution in [3.8, 4) is 0 Å². The van der Waals surface area contributed by atoms with Crippen molar-refractivity contribution >= 4 is 80.5 Å². The Balaban J connectivity index is 1.49. The van der Waals surface area contributed by atoms with Crippen LogP contribution in [0.2, 0.25) is 0 Å². The first kappa shape index (κ1) is 47.9. The van der Waals surface area contributed by atoms with Crippen molar-refractivity contribution < 1.29 is 61.0 Å². The van der Waals surface area contributed by atoms with E-state index in [0.717, 1.165) is 14.2 Å². The van der Waals surface area contributed by atoms with Crippen LogP contribution in [0, 0.1) is 0 Å². The maximum absolute atomic E-state index is 12.9. The van der Waals surface area contributed by atoms with Gasteiger partial charge in [-0.15, -0.1) is 0 Å². The summed E-state index contributed by atoms with van der Waals surface area (Å²) in [5.41, 5.74) is 2.61. The van der Waals surface area contributed by atoms with E-state index in [4.69, 9.17) is 8.37 Å². The molecule has 2 aliphatic heterocycles. The number of hydrogen-bond acceptors (Lipinski definition) is 12. The molecule has 66 heavy (non-hydrogen) atoms. The number of rotatable bonds is 13. The van der Waals surface area contributed by atoms with E-state index < -0.39 is 57.3 Å². The minimum absolute atomic E-state index is 0.00739. The van der Waals surface area contributed by atoms with Crippen LogP contribution in [0.5, 0.6) is 0 Å². The number of carboxylic acid groups (broad SMARTS) is 1. The molecule has 2 aliphatic rings. The molecule has 0 spiro atoms. The van der Waals surface area contributed by atoms with Crippen LogP contribution in [0.15, 0.2) is 159 Å². The van der Waals surface area contributed by atoms with Crippen LogP contribution in [0.25, 0.3) is 5.57 Å². The number of hydrogen-bond donors (Lipinski definition) is 3. The molecule has 0 bridgehead atoms. The van der Waals surface area contributed by atoms with E-state index >= 15 is 0 Å². The number of carboxylic acids is 1. The third kappa shape index (κ3) is 8.81. The molecule has 2 heterocycles. The quantitative estimate of drug-likeness (QED) is 0.0442. The third-order valence-corrected chi connectivity index (χ3v) is 15.8. The van der Waals surface area contributed by atoms with E-state index in [2.05, 4.69) is 0 Å². The van der Waals surface area contributed by atoms with Gasteiger partial charge in [-0.1, -0.05) is 44.2 Å². The standard InChI is InChI=1S/C46H42N2O14S4/c1-45(2)38-27-34(63(51,52)53)19-21-40(38)47(32-9-7-11-36(25-32)65(57,58)61-5)42(45)23-17-30(29-13-15-31(16-14-29)44(49)50)18-24-43-46(3,4)39-28-35(64(54,55)56)20-22-41(39)48(43)33-10-8-12-37(26-33)66(59,60)62-6/h7-28H,1-6H3,(H2-,49,50,51,52,53,54,55,56)/p+1. The van der Waals surface area contributed by atoms with E-state index in [1.54, 1.807) is 58.0 Å². The van der Waals surface area contributed by atoms with Crippen LogP contribution in [-0.2, 0) is 59.7 Å². The van der Waals surface area contributed by atoms with Gasteiger partial charge in [0.1, 0.15) is 4.90 Å². The van der Waals surface area contributed by atoms with Crippen molar-refractivity contribution in [2.24, 2.45) is 0 Å². The Morgan fingerprint density at radius 2 is 1.18 bits per heavy atom. The van der Waals surface area contributed by atoms with Gasteiger partial charge in [0.25, 0.3) is 40.5 Å². The molecule has 0 saturated heterocycles. The number of allylic oxidation sites excluding steroid dienone is 6. The lowest BCUT2D eigenvalue weighted by Crippen LogP contribution is -2.28. The number of aromatic carboxylic acids is 1. The molecule has 0 aromatic heterocycles. The predicted octanol–water partition coefficient (Wildman–Crippen LogP) is 7.77. The Bertz CT molecular complexity index is 3440. The molecule has 0 aliphatic carbocycles. The van der Waals surface area contributed by atoms with Crippen LogP contribution in [-0.4, -0.2) is 73.8 Å². The summed E-state index contributed by atoms with van der Waals surface area (Å²) in [5.74, 6) is -1.16. The number of fused-ring (bicyclic) bond motifs is 2. The lowest BCUT2D eigenvalue weighted by molar-refractivity contribution is 0.0696. The molecule has 0 atom stereocenters. The van der Waals surface area contributed by atoms with E-state index in [1.165, 1.54) is 84.9 Å².